The number of nitrogens with two attached hydrogens (primary N) is 2. The molecule has 114 valence electrons. The van der Waals surface area contributed by atoms with E-state index in [0.717, 1.165) is 22.1 Å². The number of pyridine rings is 1. The smallest absolute Gasteiger partial charge is 0.262 e. The number of hydrogen-bond acceptors (Lipinski definition) is 3. The maximum absolute atomic E-state index is 12.8. The molecule has 0 aliphatic heterocycles. The summed E-state index contributed by atoms with van der Waals surface area (Å²) in [5.41, 5.74) is 13.0. The molecule has 0 fully saturated rings. The zero-order valence-electron chi connectivity index (χ0n) is 12.3. The van der Waals surface area contributed by atoms with Gasteiger partial charge in [-0.05, 0) is 19.4 Å². The zero-order chi connectivity index (χ0) is 15.7. The van der Waals surface area contributed by atoms with Crippen LogP contribution in [0.2, 0.25) is 0 Å². The third-order valence-corrected chi connectivity index (χ3v) is 3.69. The monoisotopic (exact) mass is 298 g/mol. The molecule has 0 atom stereocenters. The van der Waals surface area contributed by atoms with Crippen LogP contribution in [0.4, 0.5) is 0 Å². The SMILES string of the molecule is Cc1[nH]nc2c1c(=O)n(CCCN=C(N)N)c1ccccc21. The second-order valence-electron chi connectivity index (χ2n) is 5.21. The number of H-pyrrole nitrogens is 1. The topological polar surface area (TPSA) is 115 Å². The number of nitrogens with one attached hydrogen (secondary N) is 1. The molecule has 3 aromatic rings. The molecule has 0 saturated carbocycles. The molecule has 0 amide bonds. The number of aromatic amines is 1. The maximum Gasteiger partial charge on any atom is 0.262 e. The van der Waals surface area contributed by atoms with Crippen LogP contribution in [0.3, 0.4) is 0 Å². The van der Waals surface area contributed by atoms with Gasteiger partial charge >= 0.3 is 0 Å². The number of aliphatic imine (C=N–C) groups is 1. The number of aryl methyl sites for hydroxylation is 2. The molecule has 7 nitrogen and oxygen atoms in total. The minimum absolute atomic E-state index is 0.0374. The Morgan fingerprint density at radius 2 is 2.14 bits per heavy atom. The molecular weight excluding hydrogens is 280 g/mol. The molecule has 2 aromatic heterocycles. The Bertz CT molecular complexity index is 917. The highest BCUT2D eigenvalue weighted by molar-refractivity contribution is 6.03. The average Bonchev–Trinajstić information content (AvgIpc) is 2.88. The van der Waals surface area contributed by atoms with Gasteiger partial charge in [-0.2, -0.15) is 5.10 Å². The van der Waals surface area contributed by atoms with Crippen LogP contribution in [0.15, 0.2) is 34.1 Å². The molecular formula is C15H18N6O. The summed E-state index contributed by atoms with van der Waals surface area (Å²) in [6, 6.07) is 7.77. The second-order valence-corrected chi connectivity index (χ2v) is 5.21. The van der Waals surface area contributed by atoms with Crippen LogP contribution in [0.5, 0.6) is 0 Å². The standard InChI is InChI=1S/C15H18N6O/c1-9-12-13(20-19-9)10-5-2-3-6-11(10)21(14(12)22)8-4-7-18-15(16)17/h2-3,5-6H,4,7-8H2,1H3,(H,19,20)(H4,16,17,18). The van der Waals surface area contributed by atoms with Crippen molar-refractivity contribution in [3.63, 3.8) is 0 Å². The van der Waals surface area contributed by atoms with E-state index in [9.17, 15) is 4.79 Å². The molecule has 5 N–H and O–H groups in total. The quantitative estimate of drug-likeness (QED) is 0.376. The highest BCUT2D eigenvalue weighted by atomic mass is 16.1. The van der Waals surface area contributed by atoms with E-state index < -0.39 is 0 Å². The first kappa shape index (κ1) is 14.1. The first-order valence-electron chi connectivity index (χ1n) is 7.11. The Morgan fingerprint density at radius 3 is 2.91 bits per heavy atom. The van der Waals surface area contributed by atoms with Gasteiger partial charge in [0.25, 0.3) is 5.56 Å². The Morgan fingerprint density at radius 1 is 1.36 bits per heavy atom. The van der Waals surface area contributed by atoms with Crippen LogP contribution in [0, 0.1) is 6.92 Å². The molecule has 7 heteroatoms. The predicted octanol–water partition coefficient (Wildman–Crippen LogP) is 0.850. The summed E-state index contributed by atoms with van der Waals surface area (Å²) in [5, 5.41) is 8.78. The summed E-state index contributed by atoms with van der Waals surface area (Å²) in [6.07, 6.45) is 0.685. The fourth-order valence-electron chi connectivity index (χ4n) is 2.70. The lowest BCUT2D eigenvalue weighted by Crippen LogP contribution is -2.24. The van der Waals surface area contributed by atoms with Crippen LogP contribution in [0.1, 0.15) is 12.1 Å². The first-order valence-corrected chi connectivity index (χ1v) is 7.11. The van der Waals surface area contributed by atoms with Crippen molar-refractivity contribution >= 4 is 27.8 Å². The average molecular weight is 298 g/mol. The molecule has 1 aromatic carbocycles. The molecule has 0 bridgehead atoms. The van der Waals surface area contributed by atoms with Crippen molar-refractivity contribution in [1.82, 2.24) is 14.8 Å². The lowest BCUT2D eigenvalue weighted by Gasteiger charge is -2.10. The zero-order valence-corrected chi connectivity index (χ0v) is 12.3. The molecule has 0 saturated heterocycles. The van der Waals surface area contributed by atoms with Crippen LogP contribution < -0.4 is 17.0 Å². The molecule has 3 rings (SSSR count). The summed E-state index contributed by atoms with van der Waals surface area (Å²) in [7, 11) is 0. The Kier molecular flexibility index (Phi) is 3.54. The van der Waals surface area contributed by atoms with Crippen molar-refractivity contribution in [2.24, 2.45) is 16.5 Å². The largest absolute Gasteiger partial charge is 0.370 e. The van der Waals surface area contributed by atoms with Gasteiger partial charge in [0.1, 0.15) is 5.52 Å². The first-order chi connectivity index (χ1) is 10.6. The van der Waals surface area contributed by atoms with Crippen LogP contribution in [0.25, 0.3) is 21.8 Å². The second kappa shape index (κ2) is 5.51. The van der Waals surface area contributed by atoms with E-state index in [1.165, 1.54) is 0 Å². The number of guanidine groups is 1. The van der Waals surface area contributed by atoms with Crippen molar-refractivity contribution < 1.29 is 0 Å². The van der Waals surface area contributed by atoms with E-state index in [2.05, 4.69) is 15.2 Å². The number of fused-ring (bicyclic) bond motifs is 3. The van der Waals surface area contributed by atoms with Gasteiger partial charge in [-0.1, -0.05) is 18.2 Å². The number of aromatic nitrogens is 3. The number of hydrogen-bond donors (Lipinski definition) is 3. The fraction of sp³-hybridized carbons (Fsp3) is 0.267. The van der Waals surface area contributed by atoms with Gasteiger partial charge in [0.05, 0.1) is 10.9 Å². The Balaban J connectivity index is 2.14. The molecule has 0 aliphatic rings. The Labute approximate surface area is 126 Å². The molecule has 0 aliphatic carbocycles. The summed E-state index contributed by atoms with van der Waals surface area (Å²) in [6.45, 7) is 2.90. The molecule has 2 heterocycles. The normalized spacial score (nSPS) is 11.1. The summed E-state index contributed by atoms with van der Waals surface area (Å²) in [5.74, 6) is 0.0679. The van der Waals surface area contributed by atoms with Crippen molar-refractivity contribution in [2.45, 2.75) is 19.9 Å². The number of nitrogens with zero attached hydrogens (tertiary/aromatic N) is 3. The summed E-state index contributed by atoms with van der Waals surface area (Å²) < 4.78 is 1.77. The summed E-state index contributed by atoms with van der Waals surface area (Å²) >= 11 is 0. The van der Waals surface area contributed by atoms with E-state index >= 15 is 0 Å². The van der Waals surface area contributed by atoms with Crippen molar-refractivity contribution in [3.8, 4) is 0 Å². The van der Waals surface area contributed by atoms with Crippen molar-refractivity contribution in [3.05, 3.63) is 40.3 Å². The van der Waals surface area contributed by atoms with E-state index in [1.54, 1.807) is 4.57 Å². The third kappa shape index (κ3) is 2.30. The van der Waals surface area contributed by atoms with Crippen molar-refractivity contribution in [2.75, 3.05) is 6.54 Å². The molecule has 0 radical (unpaired) electrons. The number of rotatable bonds is 4. The van der Waals surface area contributed by atoms with E-state index in [4.69, 9.17) is 11.5 Å². The van der Waals surface area contributed by atoms with E-state index in [0.29, 0.717) is 24.9 Å². The van der Waals surface area contributed by atoms with Crippen LogP contribution in [-0.4, -0.2) is 27.3 Å². The number of benzene rings is 1. The number of para-hydroxylation sites is 1. The Hall–Kier alpha value is -2.83. The van der Waals surface area contributed by atoms with E-state index in [1.807, 2.05) is 31.2 Å². The van der Waals surface area contributed by atoms with Crippen LogP contribution in [-0.2, 0) is 6.54 Å². The minimum atomic E-state index is -0.0374. The highest BCUT2D eigenvalue weighted by Crippen LogP contribution is 2.22. The fourth-order valence-corrected chi connectivity index (χ4v) is 2.70. The van der Waals surface area contributed by atoms with Gasteiger partial charge in [-0.3, -0.25) is 14.9 Å². The van der Waals surface area contributed by atoms with Gasteiger partial charge in [0.15, 0.2) is 5.96 Å². The molecule has 22 heavy (non-hydrogen) atoms. The minimum Gasteiger partial charge on any atom is -0.370 e. The lowest BCUT2D eigenvalue weighted by atomic mass is 10.1. The van der Waals surface area contributed by atoms with Crippen molar-refractivity contribution in [1.29, 1.82) is 0 Å². The third-order valence-electron chi connectivity index (χ3n) is 3.69. The van der Waals surface area contributed by atoms with E-state index in [-0.39, 0.29) is 11.5 Å². The van der Waals surface area contributed by atoms with Gasteiger partial charge in [-0.15, -0.1) is 0 Å². The van der Waals surface area contributed by atoms with Gasteiger partial charge in [0.2, 0.25) is 0 Å². The lowest BCUT2D eigenvalue weighted by molar-refractivity contribution is 0.654. The highest BCUT2D eigenvalue weighted by Gasteiger charge is 2.14. The van der Waals surface area contributed by atoms with Gasteiger partial charge in [0, 0.05) is 24.2 Å². The molecule has 0 spiro atoms. The van der Waals surface area contributed by atoms with Crippen LogP contribution >= 0.6 is 0 Å². The van der Waals surface area contributed by atoms with Gasteiger partial charge in [-0.25, -0.2) is 0 Å². The maximum atomic E-state index is 12.8. The predicted molar refractivity (Wildman–Crippen MR) is 87.9 cm³/mol. The molecule has 0 unspecified atom stereocenters. The summed E-state index contributed by atoms with van der Waals surface area (Å²) in [4.78, 5) is 16.7. The van der Waals surface area contributed by atoms with Gasteiger partial charge < -0.3 is 16.0 Å².